The maximum Gasteiger partial charge on any atom is 0.280 e. The second kappa shape index (κ2) is 9.27. The van der Waals surface area contributed by atoms with E-state index in [0.29, 0.717) is 17.1 Å². The van der Waals surface area contributed by atoms with Crippen molar-refractivity contribution in [1.82, 2.24) is 24.5 Å². The van der Waals surface area contributed by atoms with Gasteiger partial charge in [0.15, 0.2) is 5.69 Å². The van der Waals surface area contributed by atoms with Gasteiger partial charge in [-0.25, -0.2) is 14.3 Å². The zero-order valence-corrected chi connectivity index (χ0v) is 18.0. The standard InChI is InChI=1S/C23H21N7O3/c1-15-12-20(31)21(28-30(15)19-6-4-3-5-7-19)23(33)27-18-10-8-17(9-11-18)26-22(32)16(2)29-14-24-13-25-29/h3-14,16H,1-2H3,(H,26,32)(H,27,33). The molecule has 0 aliphatic carbocycles. The number of aromatic nitrogens is 5. The number of nitrogens with zero attached hydrogens (tertiary/aromatic N) is 5. The molecule has 0 bridgehead atoms. The Labute approximate surface area is 188 Å². The number of para-hydroxylation sites is 1. The minimum atomic E-state index is -0.624. The molecule has 10 heteroatoms. The summed E-state index contributed by atoms with van der Waals surface area (Å²) in [7, 11) is 0. The third kappa shape index (κ3) is 4.85. The number of rotatable bonds is 6. The molecule has 0 aliphatic rings. The molecular formula is C23H21N7O3. The van der Waals surface area contributed by atoms with Gasteiger partial charge in [0, 0.05) is 23.1 Å². The lowest BCUT2D eigenvalue weighted by Crippen LogP contribution is -2.27. The fraction of sp³-hybridized carbons (Fsp3) is 0.130. The van der Waals surface area contributed by atoms with Crippen molar-refractivity contribution in [3.05, 3.63) is 94.9 Å². The monoisotopic (exact) mass is 443 g/mol. The van der Waals surface area contributed by atoms with Crippen molar-refractivity contribution >= 4 is 23.2 Å². The van der Waals surface area contributed by atoms with Crippen LogP contribution >= 0.6 is 0 Å². The zero-order valence-electron chi connectivity index (χ0n) is 18.0. The lowest BCUT2D eigenvalue weighted by atomic mass is 10.2. The first-order valence-corrected chi connectivity index (χ1v) is 10.1. The number of hydrogen-bond donors (Lipinski definition) is 2. The third-order valence-electron chi connectivity index (χ3n) is 4.95. The quantitative estimate of drug-likeness (QED) is 0.472. The predicted molar refractivity (Wildman–Crippen MR) is 122 cm³/mol. The Morgan fingerprint density at radius 1 is 0.970 bits per heavy atom. The van der Waals surface area contributed by atoms with Gasteiger partial charge in [0.2, 0.25) is 11.3 Å². The van der Waals surface area contributed by atoms with Crippen LogP contribution in [-0.2, 0) is 4.79 Å². The molecule has 2 N–H and O–H groups in total. The Balaban J connectivity index is 1.47. The second-order valence-electron chi connectivity index (χ2n) is 7.32. The minimum Gasteiger partial charge on any atom is -0.324 e. The second-order valence-corrected chi connectivity index (χ2v) is 7.32. The SMILES string of the molecule is Cc1cc(=O)c(C(=O)Nc2ccc(NC(=O)C(C)n3cncn3)cc2)nn1-c1ccccc1. The molecule has 0 radical (unpaired) electrons. The van der Waals surface area contributed by atoms with E-state index in [4.69, 9.17) is 0 Å². The molecule has 0 saturated heterocycles. The minimum absolute atomic E-state index is 0.219. The lowest BCUT2D eigenvalue weighted by Gasteiger charge is -2.13. The Morgan fingerprint density at radius 3 is 2.27 bits per heavy atom. The summed E-state index contributed by atoms with van der Waals surface area (Å²) in [5.74, 6) is -0.885. The molecule has 4 rings (SSSR count). The van der Waals surface area contributed by atoms with E-state index in [9.17, 15) is 14.4 Å². The number of carbonyl (C=O) groups is 2. The van der Waals surface area contributed by atoms with Crippen LogP contribution in [0.5, 0.6) is 0 Å². The molecule has 0 aliphatic heterocycles. The van der Waals surface area contributed by atoms with Gasteiger partial charge in [0.1, 0.15) is 18.7 Å². The van der Waals surface area contributed by atoms with E-state index < -0.39 is 17.4 Å². The van der Waals surface area contributed by atoms with E-state index in [2.05, 4.69) is 25.8 Å². The molecule has 2 heterocycles. The van der Waals surface area contributed by atoms with Crippen molar-refractivity contribution in [2.75, 3.05) is 10.6 Å². The summed E-state index contributed by atoms with van der Waals surface area (Å²) in [4.78, 5) is 41.3. The predicted octanol–water partition coefficient (Wildman–Crippen LogP) is 2.58. The molecule has 4 aromatic rings. The van der Waals surface area contributed by atoms with E-state index in [0.717, 1.165) is 5.69 Å². The van der Waals surface area contributed by atoms with Crippen molar-refractivity contribution in [2.45, 2.75) is 19.9 Å². The van der Waals surface area contributed by atoms with E-state index in [1.54, 1.807) is 42.8 Å². The van der Waals surface area contributed by atoms with Crippen LogP contribution in [-0.4, -0.2) is 36.4 Å². The Morgan fingerprint density at radius 2 is 1.64 bits per heavy atom. The highest BCUT2D eigenvalue weighted by Crippen LogP contribution is 2.16. The highest BCUT2D eigenvalue weighted by Gasteiger charge is 2.17. The largest absolute Gasteiger partial charge is 0.324 e. The molecule has 1 atom stereocenters. The topological polar surface area (TPSA) is 124 Å². The molecule has 2 aromatic carbocycles. The Bertz CT molecular complexity index is 1330. The number of nitrogens with one attached hydrogen (secondary N) is 2. The maximum absolute atomic E-state index is 12.7. The number of anilines is 2. The fourth-order valence-electron chi connectivity index (χ4n) is 3.15. The molecule has 33 heavy (non-hydrogen) atoms. The summed E-state index contributed by atoms with van der Waals surface area (Å²) in [5, 5.41) is 13.7. The van der Waals surface area contributed by atoms with Gasteiger partial charge in [0.05, 0.1) is 5.69 Å². The summed E-state index contributed by atoms with van der Waals surface area (Å²) in [6.45, 7) is 3.45. The fourth-order valence-corrected chi connectivity index (χ4v) is 3.15. The summed E-state index contributed by atoms with van der Waals surface area (Å²) in [5.41, 5.74) is 1.67. The van der Waals surface area contributed by atoms with Crippen LogP contribution in [0.1, 0.15) is 29.1 Å². The lowest BCUT2D eigenvalue weighted by molar-refractivity contribution is -0.119. The van der Waals surface area contributed by atoms with Gasteiger partial charge < -0.3 is 10.6 Å². The van der Waals surface area contributed by atoms with E-state index in [-0.39, 0.29) is 11.6 Å². The molecule has 2 aromatic heterocycles. The normalized spacial score (nSPS) is 11.6. The first kappa shape index (κ1) is 21.6. The first-order valence-electron chi connectivity index (χ1n) is 10.1. The molecule has 2 amide bonds. The summed E-state index contributed by atoms with van der Waals surface area (Å²) >= 11 is 0. The van der Waals surface area contributed by atoms with E-state index >= 15 is 0 Å². The summed E-state index contributed by atoms with van der Waals surface area (Å²) < 4.78 is 2.99. The number of benzene rings is 2. The van der Waals surface area contributed by atoms with Crippen molar-refractivity contribution in [3.8, 4) is 5.69 Å². The Kier molecular flexibility index (Phi) is 6.07. The highest BCUT2D eigenvalue weighted by molar-refractivity contribution is 6.03. The van der Waals surface area contributed by atoms with Gasteiger partial charge in [-0.15, -0.1) is 0 Å². The van der Waals surface area contributed by atoms with Crippen molar-refractivity contribution in [1.29, 1.82) is 0 Å². The average Bonchev–Trinajstić information content (AvgIpc) is 3.35. The summed E-state index contributed by atoms with van der Waals surface area (Å²) in [6, 6.07) is 16.6. The average molecular weight is 443 g/mol. The third-order valence-corrected chi connectivity index (χ3v) is 4.95. The zero-order chi connectivity index (χ0) is 23.4. The van der Waals surface area contributed by atoms with Crippen molar-refractivity contribution in [3.63, 3.8) is 0 Å². The number of hydrogen-bond acceptors (Lipinski definition) is 6. The van der Waals surface area contributed by atoms with Crippen LogP contribution in [0.15, 0.2) is 78.1 Å². The molecule has 0 fully saturated rings. The summed E-state index contributed by atoms with van der Waals surface area (Å²) in [6.07, 6.45) is 2.83. The van der Waals surface area contributed by atoms with Crippen LogP contribution in [0.25, 0.3) is 5.69 Å². The molecule has 0 spiro atoms. The molecule has 10 nitrogen and oxygen atoms in total. The molecular weight excluding hydrogens is 422 g/mol. The maximum atomic E-state index is 12.7. The van der Waals surface area contributed by atoms with Gasteiger partial charge in [-0.3, -0.25) is 14.4 Å². The van der Waals surface area contributed by atoms with Gasteiger partial charge in [0.25, 0.3) is 5.91 Å². The number of carbonyl (C=O) groups excluding carboxylic acids is 2. The van der Waals surface area contributed by atoms with Crippen LogP contribution < -0.4 is 16.1 Å². The van der Waals surface area contributed by atoms with E-state index in [1.165, 1.54) is 23.4 Å². The smallest absolute Gasteiger partial charge is 0.280 e. The molecule has 0 saturated carbocycles. The highest BCUT2D eigenvalue weighted by atomic mass is 16.2. The van der Waals surface area contributed by atoms with Crippen LogP contribution in [0, 0.1) is 6.92 Å². The Hall–Kier alpha value is -4.60. The van der Waals surface area contributed by atoms with Crippen LogP contribution in [0.3, 0.4) is 0 Å². The van der Waals surface area contributed by atoms with Crippen molar-refractivity contribution < 1.29 is 9.59 Å². The van der Waals surface area contributed by atoms with Gasteiger partial charge in [-0.2, -0.15) is 10.2 Å². The van der Waals surface area contributed by atoms with Gasteiger partial charge in [-0.05, 0) is 50.2 Å². The molecule has 1 unspecified atom stereocenters. The van der Waals surface area contributed by atoms with Crippen LogP contribution in [0.4, 0.5) is 11.4 Å². The van der Waals surface area contributed by atoms with Crippen LogP contribution in [0.2, 0.25) is 0 Å². The van der Waals surface area contributed by atoms with E-state index in [1.807, 2.05) is 30.3 Å². The molecule has 166 valence electrons. The van der Waals surface area contributed by atoms with Gasteiger partial charge in [-0.1, -0.05) is 18.2 Å². The number of aryl methyl sites for hydroxylation is 1. The first-order chi connectivity index (χ1) is 15.9. The van der Waals surface area contributed by atoms with Gasteiger partial charge >= 0.3 is 0 Å². The number of amides is 2. The van der Waals surface area contributed by atoms with Crippen molar-refractivity contribution in [2.24, 2.45) is 0 Å².